The maximum Gasteiger partial charge on any atom is 0.343 e. The number of hydrogen-bond donors (Lipinski definition) is 1. The molecule has 10 nitrogen and oxygen atoms in total. The van der Waals surface area contributed by atoms with E-state index >= 15 is 0 Å². The molecule has 1 atom stereocenters. The highest BCUT2D eigenvalue weighted by molar-refractivity contribution is 5.94. The summed E-state index contributed by atoms with van der Waals surface area (Å²) in [5.41, 5.74) is 3.08. The number of hydrazone groups is 1. The van der Waals surface area contributed by atoms with E-state index < -0.39 is 18.0 Å². The zero-order valence-electron chi connectivity index (χ0n) is 19.8. The van der Waals surface area contributed by atoms with E-state index in [-0.39, 0.29) is 17.9 Å². The number of esters is 1. The van der Waals surface area contributed by atoms with Crippen molar-refractivity contribution in [2.45, 2.75) is 6.10 Å². The number of amides is 1. The number of benzene rings is 3. The number of fused-ring (bicyclic) bond motifs is 1. The van der Waals surface area contributed by atoms with Crippen molar-refractivity contribution in [2.75, 3.05) is 27.9 Å². The molecule has 10 heteroatoms. The second-order valence-electron chi connectivity index (χ2n) is 7.44. The Bertz CT molecular complexity index is 1270. The van der Waals surface area contributed by atoms with Gasteiger partial charge in [-0.3, -0.25) is 4.79 Å². The molecule has 0 aromatic heterocycles. The number of hydrogen-bond acceptors (Lipinski definition) is 9. The molecule has 0 saturated heterocycles. The first-order chi connectivity index (χ1) is 17.5. The molecule has 1 N–H and O–H groups in total. The van der Waals surface area contributed by atoms with E-state index in [2.05, 4.69) is 10.5 Å². The molecule has 186 valence electrons. The number of carbonyl (C=O) groups excluding carboxylic acids is 2. The molecule has 0 saturated carbocycles. The van der Waals surface area contributed by atoms with Crippen molar-refractivity contribution in [1.29, 1.82) is 0 Å². The Hall–Kier alpha value is -4.73. The average molecular weight is 492 g/mol. The van der Waals surface area contributed by atoms with Gasteiger partial charge in [0, 0.05) is 5.56 Å². The molecule has 1 aliphatic heterocycles. The summed E-state index contributed by atoms with van der Waals surface area (Å²) in [5.74, 6) is 1.16. The molecule has 0 bridgehead atoms. The van der Waals surface area contributed by atoms with Crippen LogP contribution < -0.4 is 33.8 Å². The first-order valence-corrected chi connectivity index (χ1v) is 10.9. The first kappa shape index (κ1) is 24.4. The molecule has 3 aromatic carbocycles. The van der Waals surface area contributed by atoms with Crippen LogP contribution in [0.25, 0.3) is 0 Å². The van der Waals surface area contributed by atoms with Gasteiger partial charge in [0.25, 0.3) is 5.91 Å². The van der Waals surface area contributed by atoms with Gasteiger partial charge in [0.2, 0.25) is 11.9 Å². The van der Waals surface area contributed by atoms with Gasteiger partial charge in [-0.1, -0.05) is 24.3 Å². The lowest BCUT2D eigenvalue weighted by atomic mass is 10.1. The van der Waals surface area contributed by atoms with Gasteiger partial charge >= 0.3 is 5.97 Å². The van der Waals surface area contributed by atoms with Crippen molar-refractivity contribution in [3.63, 3.8) is 0 Å². The van der Waals surface area contributed by atoms with Gasteiger partial charge in [-0.15, -0.1) is 0 Å². The molecular weight excluding hydrogens is 468 g/mol. The Labute approximate surface area is 207 Å². The molecule has 36 heavy (non-hydrogen) atoms. The highest BCUT2D eigenvalue weighted by Gasteiger charge is 2.27. The van der Waals surface area contributed by atoms with Gasteiger partial charge < -0.3 is 28.4 Å². The summed E-state index contributed by atoms with van der Waals surface area (Å²) < 4.78 is 32.7. The molecule has 0 fully saturated rings. The molecule has 0 radical (unpaired) electrons. The predicted octanol–water partition coefficient (Wildman–Crippen LogP) is 3.22. The lowest BCUT2D eigenvalue weighted by molar-refractivity contribution is -0.130. The molecule has 0 aliphatic carbocycles. The smallest absolute Gasteiger partial charge is 0.343 e. The summed E-state index contributed by atoms with van der Waals surface area (Å²) in [6.07, 6.45) is 0.512. The summed E-state index contributed by atoms with van der Waals surface area (Å²) >= 11 is 0. The summed E-state index contributed by atoms with van der Waals surface area (Å²) in [5, 5.41) is 3.98. The van der Waals surface area contributed by atoms with Gasteiger partial charge in [-0.25, -0.2) is 10.2 Å². The SMILES string of the molecule is COc1cc(C(=O)Oc2ccccc2/C=N\NC(=O)[C@@H]2COc3ccccc3O2)cc(OC)c1OC. The highest BCUT2D eigenvalue weighted by atomic mass is 16.6. The Morgan fingerprint density at radius 3 is 2.28 bits per heavy atom. The topological polar surface area (TPSA) is 114 Å². The van der Waals surface area contributed by atoms with Crippen molar-refractivity contribution in [1.82, 2.24) is 5.43 Å². The van der Waals surface area contributed by atoms with E-state index in [9.17, 15) is 9.59 Å². The van der Waals surface area contributed by atoms with Gasteiger partial charge in [0.15, 0.2) is 23.0 Å². The second-order valence-corrected chi connectivity index (χ2v) is 7.44. The number of nitrogens with zero attached hydrogens (tertiary/aromatic N) is 1. The minimum absolute atomic E-state index is 0.0569. The van der Waals surface area contributed by atoms with Crippen LogP contribution in [0.15, 0.2) is 65.8 Å². The minimum atomic E-state index is -0.856. The fourth-order valence-corrected chi connectivity index (χ4v) is 3.42. The van der Waals surface area contributed by atoms with E-state index in [1.807, 2.05) is 6.07 Å². The molecule has 3 aromatic rings. The van der Waals surface area contributed by atoms with Gasteiger partial charge in [0.05, 0.1) is 33.1 Å². The van der Waals surface area contributed by atoms with Crippen LogP contribution >= 0.6 is 0 Å². The monoisotopic (exact) mass is 492 g/mol. The average Bonchev–Trinajstić information content (AvgIpc) is 2.92. The zero-order valence-corrected chi connectivity index (χ0v) is 19.8. The van der Waals surface area contributed by atoms with Crippen LogP contribution in [0, 0.1) is 0 Å². The van der Waals surface area contributed by atoms with Crippen LogP contribution in [0.5, 0.6) is 34.5 Å². The van der Waals surface area contributed by atoms with E-state index in [0.29, 0.717) is 34.3 Å². The van der Waals surface area contributed by atoms with Crippen molar-refractivity contribution in [3.05, 3.63) is 71.8 Å². The minimum Gasteiger partial charge on any atom is -0.493 e. The van der Waals surface area contributed by atoms with Crippen molar-refractivity contribution < 1.29 is 38.0 Å². The zero-order chi connectivity index (χ0) is 25.5. The van der Waals surface area contributed by atoms with Gasteiger partial charge in [0.1, 0.15) is 12.4 Å². The number of methoxy groups -OCH3 is 3. The van der Waals surface area contributed by atoms with E-state index in [0.717, 1.165) is 0 Å². The maximum atomic E-state index is 12.9. The Morgan fingerprint density at radius 2 is 1.58 bits per heavy atom. The van der Waals surface area contributed by atoms with Crippen LogP contribution in [-0.2, 0) is 4.79 Å². The number of ether oxygens (including phenoxy) is 6. The summed E-state index contributed by atoms with van der Waals surface area (Å²) in [7, 11) is 4.38. The molecular formula is C26H24N2O8. The summed E-state index contributed by atoms with van der Waals surface area (Å²) in [6, 6.07) is 16.8. The third-order valence-electron chi connectivity index (χ3n) is 5.20. The molecule has 1 amide bonds. The summed E-state index contributed by atoms with van der Waals surface area (Å²) in [6.45, 7) is 0.0569. The van der Waals surface area contributed by atoms with Crippen LogP contribution in [0.1, 0.15) is 15.9 Å². The van der Waals surface area contributed by atoms with E-state index in [1.165, 1.54) is 39.7 Å². The van der Waals surface area contributed by atoms with Crippen LogP contribution in [0.2, 0.25) is 0 Å². The molecule has 0 spiro atoms. The third kappa shape index (κ3) is 5.33. The van der Waals surface area contributed by atoms with Gasteiger partial charge in [-0.2, -0.15) is 5.10 Å². The molecule has 1 heterocycles. The largest absolute Gasteiger partial charge is 0.493 e. The van der Waals surface area contributed by atoms with E-state index in [1.54, 1.807) is 42.5 Å². The highest BCUT2D eigenvalue weighted by Crippen LogP contribution is 2.38. The molecule has 4 rings (SSSR count). The quantitative estimate of drug-likeness (QED) is 0.221. The lowest BCUT2D eigenvalue weighted by Gasteiger charge is -2.24. The van der Waals surface area contributed by atoms with Crippen LogP contribution in [0.4, 0.5) is 0 Å². The number of carbonyl (C=O) groups is 2. The fourth-order valence-electron chi connectivity index (χ4n) is 3.42. The van der Waals surface area contributed by atoms with Crippen molar-refractivity contribution >= 4 is 18.1 Å². The lowest BCUT2D eigenvalue weighted by Crippen LogP contribution is -2.42. The van der Waals surface area contributed by atoms with Crippen LogP contribution in [-0.4, -0.2) is 52.1 Å². The van der Waals surface area contributed by atoms with Crippen LogP contribution in [0.3, 0.4) is 0 Å². The second kappa shape index (κ2) is 11.1. The number of nitrogens with one attached hydrogen (secondary N) is 1. The standard InChI is InChI=1S/C26H24N2O8/c1-31-21-12-17(13-22(32-2)24(21)33-3)26(30)36-18-9-5-4-8-16(18)14-27-28-25(29)23-15-34-19-10-6-7-11-20(19)35-23/h4-14,23H,15H2,1-3H3,(H,28,29)/b27-14-/t23-/m0/s1. The Morgan fingerprint density at radius 1 is 0.917 bits per heavy atom. The number of para-hydroxylation sites is 3. The fraction of sp³-hybridized carbons (Fsp3) is 0.192. The Balaban J connectivity index is 1.44. The predicted molar refractivity (Wildman–Crippen MR) is 130 cm³/mol. The number of rotatable bonds is 8. The Kier molecular flexibility index (Phi) is 7.54. The molecule has 1 aliphatic rings. The van der Waals surface area contributed by atoms with Crippen molar-refractivity contribution in [2.24, 2.45) is 5.10 Å². The first-order valence-electron chi connectivity index (χ1n) is 10.9. The normalized spacial score (nSPS) is 14.1. The molecule has 0 unspecified atom stereocenters. The maximum absolute atomic E-state index is 12.9. The van der Waals surface area contributed by atoms with E-state index in [4.69, 9.17) is 28.4 Å². The van der Waals surface area contributed by atoms with Crippen molar-refractivity contribution in [3.8, 4) is 34.5 Å². The van der Waals surface area contributed by atoms with Gasteiger partial charge in [-0.05, 0) is 36.4 Å². The summed E-state index contributed by atoms with van der Waals surface area (Å²) in [4.78, 5) is 25.3. The third-order valence-corrected chi connectivity index (χ3v) is 5.20.